The minimum absolute atomic E-state index is 0.218. The highest BCUT2D eigenvalue weighted by atomic mass is 79.9. The van der Waals surface area contributed by atoms with Crippen LogP contribution in [0.2, 0.25) is 0 Å². The number of nitrogens with one attached hydrogen (secondary N) is 1. The van der Waals surface area contributed by atoms with E-state index >= 15 is 0 Å². The lowest BCUT2D eigenvalue weighted by molar-refractivity contribution is -0.127. The van der Waals surface area contributed by atoms with Crippen LogP contribution in [0.3, 0.4) is 0 Å². The van der Waals surface area contributed by atoms with Gasteiger partial charge in [0.05, 0.1) is 6.04 Å². The standard InChI is InChI=1S/C17H17BrFNO2/c1-11(13-3-7-15(19)8-4-13)20-17(21)12(2)22-16-9-5-14(18)6-10-16/h3-12H,1-2H3,(H,20,21). The van der Waals surface area contributed by atoms with Gasteiger partial charge in [-0.2, -0.15) is 0 Å². The van der Waals surface area contributed by atoms with Gasteiger partial charge in [0.2, 0.25) is 0 Å². The highest BCUT2D eigenvalue weighted by molar-refractivity contribution is 9.10. The molecule has 2 aromatic rings. The Balaban J connectivity index is 1.93. The molecule has 0 saturated heterocycles. The van der Waals surface area contributed by atoms with Crippen LogP contribution in [-0.4, -0.2) is 12.0 Å². The second-order valence-corrected chi connectivity index (χ2v) is 5.91. The van der Waals surface area contributed by atoms with E-state index in [2.05, 4.69) is 21.2 Å². The fourth-order valence-electron chi connectivity index (χ4n) is 1.94. The van der Waals surface area contributed by atoms with Crippen molar-refractivity contribution in [2.75, 3.05) is 0 Å². The number of hydrogen-bond donors (Lipinski definition) is 1. The zero-order valence-electron chi connectivity index (χ0n) is 12.3. The molecule has 116 valence electrons. The number of ether oxygens (including phenoxy) is 1. The lowest BCUT2D eigenvalue weighted by Crippen LogP contribution is -2.37. The Morgan fingerprint density at radius 3 is 2.27 bits per heavy atom. The molecule has 0 aliphatic heterocycles. The zero-order chi connectivity index (χ0) is 16.1. The molecule has 2 aromatic carbocycles. The van der Waals surface area contributed by atoms with E-state index in [0.717, 1.165) is 10.0 Å². The molecule has 0 heterocycles. The molecule has 22 heavy (non-hydrogen) atoms. The molecule has 1 amide bonds. The first kappa shape index (κ1) is 16.5. The van der Waals surface area contributed by atoms with Gasteiger partial charge in [0.1, 0.15) is 11.6 Å². The Morgan fingerprint density at radius 2 is 1.68 bits per heavy atom. The van der Waals surface area contributed by atoms with Crippen molar-refractivity contribution in [3.63, 3.8) is 0 Å². The zero-order valence-corrected chi connectivity index (χ0v) is 13.9. The number of carbonyl (C=O) groups excluding carboxylic acids is 1. The minimum atomic E-state index is -0.621. The largest absolute Gasteiger partial charge is 0.481 e. The summed E-state index contributed by atoms with van der Waals surface area (Å²) >= 11 is 3.34. The van der Waals surface area contributed by atoms with Crippen molar-refractivity contribution in [1.82, 2.24) is 5.32 Å². The van der Waals surface area contributed by atoms with Gasteiger partial charge >= 0.3 is 0 Å². The number of amides is 1. The smallest absolute Gasteiger partial charge is 0.261 e. The molecule has 2 atom stereocenters. The molecule has 0 aromatic heterocycles. The SMILES string of the molecule is CC(Oc1ccc(Br)cc1)C(=O)NC(C)c1ccc(F)cc1. The summed E-state index contributed by atoms with van der Waals surface area (Å²) in [5, 5.41) is 2.85. The summed E-state index contributed by atoms with van der Waals surface area (Å²) in [4.78, 5) is 12.1. The van der Waals surface area contributed by atoms with Gasteiger partial charge in [0.15, 0.2) is 6.10 Å². The maximum absolute atomic E-state index is 12.9. The fraction of sp³-hybridized carbons (Fsp3) is 0.235. The van der Waals surface area contributed by atoms with Gasteiger partial charge in [-0.1, -0.05) is 28.1 Å². The van der Waals surface area contributed by atoms with Crippen molar-refractivity contribution in [2.24, 2.45) is 0 Å². The van der Waals surface area contributed by atoms with Gasteiger partial charge in [-0.3, -0.25) is 4.79 Å². The molecule has 5 heteroatoms. The third kappa shape index (κ3) is 4.56. The van der Waals surface area contributed by atoms with E-state index in [4.69, 9.17) is 4.74 Å². The predicted molar refractivity (Wildman–Crippen MR) is 87.2 cm³/mol. The van der Waals surface area contributed by atoms with E-state index in [1.165, 1.54) is 12.1 Å². The predicted octanol–water partition coefficient (Wildman–Crippen LogP) is 4.23. The molecule has 0 aliphatic carbocycles. The van der Waals surface area contributed by atoms with E-state index in [-0.39, 0.29) is 17.8 Å². The van der Waals surface area contributed by atoms with E-state index in [1.807, 2.05) is 19.1 Å². The molecule has 3 nitrogen and oxygen atoms in total. The van der Waals surface area contributed by atoms with Crippen molar-refractivity contribution in [2.45, 2.75) is 26.0 Å². The Hall–Kier alpha value is -1.88. The lowest BCUT2D eigenvalue weighted by Gasteiger charge is -2.19. The number of hydrogen-bond acceptors (Lipinski definition) is 2. The van der Waals surface area contributed by atoms with Crippen LogP contribution in [0.5, 0.6) is 5.75 Å². The van der Waals surface area contributed by atoms with Crippen LogP contribution in [0.1, 0.15) is 25.5 Å². The quantitative estimate of drug-likeness (QED) is 0.860. The average Bonchev–Trinajstić information content (AvgIpc) is 2.50. The van der Waals surface area contributed by atoms with Crippen LogP contribution in [-0.2, 0) is 4.79 Å². The minimum Gasteiger partial charge on any atom is -0.481 e. The highest BCUT2D eigenvalue weighted by Crippen LogP contribution is 2.18. The molecule has 0 spiro atoms. The van der Waals surface area contributed by atoms with Gasteiger partial charge in [-0.05, 0) is 55.8 Å². The van der Waals surface area contributed by atoms with Gasteiger partial charge in [-0.25, -0.2) is 4.39 Å². The second-order valence-electron chi connectivity index (χ2n) is 5.00. The Kier molecular flexibility index (Phi) is 5.55. The maximum atomic E-state index is 12.9. The molecule has 0 radical (unpaired) electrons. The monoisotopic (exact) mass is 365 g/mol. The summed E-state index contributed by atoms with van der Waals surface area (Å²) in [5.74, 6) is 0.106. The van der Waals surface area contributed by atoms with Gasteiger partial charge in [0, 0.05) is 4.47 Å². The molecule has 0 bridgehead atoms. The van der Waals surface area contributed by atoms with Crippen LogP contribution in [0.15, 0.2) is 53.0 Å². The Morgan fingerprint density at radius 1 is 1.09 bits per heavy atom. The lowest BCUT2D eigenvalue weighted by atomic mass is 10.1. The molecule has 2 rings (SSSR count). The van der Waals surface area contributed by atoms with E-state index < -0.39 is 6.10 Å². The Labute approximate surface area is 137 Å². The molecule has 2 unspecified atom stereocenters. The molecular weight excluding hydrogens is 349 g/mol. The number of benzene rings is 2. The number of rotatable bonds is 5. The first-order valence-corrected chi connectivity index (χ1v) is 7.73. The van der Waals surface area contributed by atoms with Gasteiger partial charge in [0.25, 0.3) is 5.91 Å². The van der Waals surface area contributed by atoms with Crippen LogP contribution in [0.4, 0.5) is 4.39 Å². The topological polar surface area (TPSA) is 38.3 Å². The first-order chi connectivity index (χ1) is 10.5. The number of carbonyl (C=O) groups is 1. The maximum Gasteiger partial charge on any atom is 0.261 e. The van der Waals surface area contributed by atoms with Crippen molar-refractivity contribution in [3.8, 4) is 5.75 Å². The summed E-state index contributed by atoms with van der Waals surface area (Å²) in [6.45, 7) is 3.53. The normalized spacial score (nSPS) is 13.3. The van der Waals surface area contributed by atoms with Crippen molar-refractivity contribution >= 4 is 21.8 Å². The third-order valence-electron chi connectivity index (χ3n) is 3.22. The van der Waals surface area contributed by atoms with Gasteiger partial charge < -0.3 is 10.1 Å². The van der Waals surface area contributed by atoms with Crippen LogP contribution >= 0.6 is 15.9 Å². The summed E-state index contributed by atoms with van der Waals surface area (Å²) < 4.78 is 19.4. The third-order valence-corrected chi connectivity index (χ3v) is 3.75. The molecule has 0 saturated carbocycles. The van der Waals surface area contributed by atoms with Crippen molar-refractivity contribution in [3.05, 3.63) is 64.4 Å². The molecule has 1 N–H and O–H groups in total. The van der Waals surface area contributed by atoms with E-state index in [0.29, 0.717) is 5.75 Å². The van der Waals surface area contributed by atoms with E-state index in [9.17, 15) is 9.18 Å². The molecule has 0 aliphatic rings. The summed E-state index contributed by atoms with van der Waals surface area (Å²) in [7, 11) is 0. The first-order valence-electron chi connectivity index (χ1n) is 6.94. The van der Waals surface area contributed by atoms with Crippen molar-refractivity contribution in [1.29, 1.82) is 0 Å². The summed E-state index contributed by atoms with van der Waals surface area (Å²) in [6.07, 6.45) is -0.621. The average molecular weight is 366 g/mol. The fourth-order valence-corrected chi connectivity index (χ4v) is 2.20. The summed E-state index contributed by atoms with van der Waals surface area (Å²) in [5.41, 5.74) is 0.839. The van der Waals surface area contributed by atoms with Gasteiger partial charge in [-0.15, -0.1) is 0 Å². The van der Waals surface area contributed by atoms with Crippen molar-refractivity contribution < 1.29 is 13.9 Å². The van der Waals surface area contributed by atoms with Crippen LogP contribution in [0, 0.1) is 5.82 Å². The Bertz CT molecular complexity index is 628. The van der Waals surface area contributed by atoms with Crippen LogP contribution in [0.25, 0.3) is 0 Å². The summed E-state index contributed by atoms with van der Waals surface area (Å²) in [6, 6.07) is 13.1. The highest BCUT2D eigenvalue weighted by Gasteiger charge is 2.17. The molecule has 0 fully saturated rings. The second kappa shape index (κ2) is 7.40. The number of halogens is 2. The molecular formula is C17H17BrFNO2. The van der Waals surface area contributed by atoms with Crippen LogP contribution < -0.4 is 10.1 Å². The van der Waals surface area contributed by atoms with E-state index in [1.54, 1.807) is 31.2 Å².